The standard InChI is InChI=1S/C17H22BrN3OS/c1-2-23-15-9-4-3-8-14(15)19-11-16-20-21-17(22-16)12-6-5-7-13(18)10-12/h5-7,10,14-15,19H,2-4,8-9,11H2,1H3/t14-,15-/m0/s1. The summed E-state index contributed by atoms with van der Waals surface area (Å²) in [6.45, 7) is 2.88. The van der Waals surface area contributed by atoms with Gasteiger partial charge in [0.25, 0.3) is 0 Å². The Morgan fingerprint density at radius 1 is 1.30 bits per heavy atom. The van der Waals surface area contributed by atoms with Crippen molar-refractivity contribution in [3.8, 4) is 11.5 Å². The fourth-order valence-corrected chi connectivity index (χ4v) is 4.65. The van der Waals surface area contributed by atoms with Crippen LogP contribution in [0.1, 0.15) is 38.5 Å². The average Bonchev–Trinajstić information content (AvgIpc) is 3.03. The zero-order valence-electron chi connectivity index (χ0n) is 13.3. The van der Waals surface area contributed by atoms with E-state index in [0.29, 0.717) is 29.6 Å². The molecule has 0 aliphatic heterocycles. The van der Waals surface area contributed by atoms with Crippen molar-refractivity contribution in [1.82, 2.24) is 15.5 Å². The minimum Gasteiger partial charge on any atom is -0.419 e. The molecule has 1 saturated carbocycles. The number of benzene rings is 1. The second-order valence-corrected chi connectivity index (χ2v) is 8.21. The third kappa shape index (κ3) is 4.58. The van der Waals surface area contributed by atoms with Gasteiger partial charge in [-0.2, -0.15) is 11.8 Å². The molecule has 3 rings (SSSR count). The second-order valence-electron chi connectivity index (χ2n) is 5.78. The zero-order chi connectivity index (χ0) is 16.1. The number of aromatic nitrogens is 2. The van der Waals surface area contributed by atoms with Crippen molar-refractivity contribution in [1.29, 1.82) is 0 Å². The minimum atomic E-state index is 0.551. The normalized spacial score (nSPS) is 21.5. The SMILES string of the molecule is CCS[C@H]1CCCC[C@@H]1NCc1nnc(-c2cccc(Br)c2)o1. The first-order chi connectivity index (χ1) is 11.3. The van der Waals surface area contributed by atoms with Gasteiger partial charge in [-0.15, -0.1) is 10.2 Å². The van der Waals surface area contributed by atoms with Gasteiger partial charge in [-0.3, -0.25) is 0 Å². The number of thioether (sulfide) groups is 1. The largest absolute Gasteiger partial charge is 0.419 e. The van der Waals surface area contributed by atoms with Crippen LogP contribution in [0.25, 0.3) is 11.5 Å². The fourth-order valence-electron chi connectivity index (χ4n) is 3.03. The maximum atomic E-state index is 5.80. The molecule has 1 N–H and O–H groups in total. The van der Waals surface area contributed by atoms with Crippen LogP contribution < -0.4 is 5.32 Å². The van der Waals surface area contributed by atoms with Crippen LogP contribution in [0, 0.1) is 0 Å². The lowest BCUT2D eigenvalue weighted by Gasteiger charge is -2.31. The first-order valence-corrected chi connectivity index (χ1v) is 10.0. The topological polar surface area (TPSA) is 51.0 Å². The molecule has 2 aromatic rings. The third-order valence-corrected chi connectivity index (χ3v) is 5.96. The van der Waals surface area contributed by atoms with E-state index < -0.39 is 0 Å². The molecule has 0 bridgehead atoms. The Morgan fingerprint density at radius 3 is 3.00 bits per heavy atom. The van der Waals surface area contributed by atoms with Gasteiger partial charge in [0.1, 0.15) is 0 Å². The lowest BCUT2D eigenvalue weighted by atomic mass is 9.95. The van der Waals surface area contributed by atoms with Crippen LogP contribution in [0.3, 0.4) is 0 Å². The second kappa shape index (κ2) is 8.31. The predicted octanol–water partition coefficient (Wildman–Crippen LogP) is 4.65. The van der Waals surface area contributed by atoms with E-state index in [9.17, 15) is 0 Å². The molecule has 4 nitrogen and oxygen atoms in total. The summed E-state index contributed by atoms with van der Waals surface area (Å²) < 4.78 is 6.81. The van der Waals surface area contributed by atoms with Gasteiger partial charge < -0.3 is 9.73 Å². The van der Waals surface area contributed by atoms with Crippen LogP contribution in [0.4, 0.5) is 0 Å². The Labute approximate surface area is 150 Å². The predicted molar refractivity (Wildman–Crippen MR) is 98.4 cm³/mol. The molecule has 124 valence electrons. The molecule has 0 spiro atoms. The maximum absolute atomic E-state index is 5.80. The van der Waals surface area contributed by atoms with Crippen molar-refractivity contribution in [2.24, 2.45) is 0 Å². The molecule has 1 aliphatic rings. The Bertz CT molecular complexity index is 632. The summed E-state index contributed by atoms with van der Waals surface area (Å²) in [6.07, 6.45) is 5.21. The monoisotopic (exact) mass is 395 g/mol. The molecule has 6 heteroatoms. The maximum Gasteiger partial charge on any atom is 0.247 e. The van der Waals surface area contributed by atoms with Crippen molar-refractivity contribution in [2.45, 2.75) is 50.4 Å². The molecule has 1 heterocycles. The van der Waals surface area contributed by atoms with Gasteiger partial charge in [0.05, 0.1) is 6.54 Å². The third-order valence-electron chi connectivity index (χ3n) is 4.14. The zero-order valence-corrected chi connectivity index (χ0v) is 15.7. The molecule has 2 atom stereocenters. The smallest absolute Gasteiger partial charge is 0.247 e. The van der Waals surface area contributed by atoms with E-state index in [4.69, 9.17) is 4.42 Å². The van der Waals surface area contributed by atoms with Gasteiger partial charge >= 0.3 is 0 Å². The van der Waals surface area contributed by atoms with E-state index >= 15 is 0 Å². The first-order valence-electron chi connectivity index (χ1n) is 8.19. The number of halogens is 1. The van der Waals surface area contributed by atoms with Crippen LogP contribution in [-0.4, -0.2) is 27.2 Å². The fraction of sp³-hybridized carbons (Fsp3) is 0.529. The summed E-state index contributed by atoms with van der Waals surface area (Å²) in [5, 5.41) is 12.7. The Balaban J connectivity index is 1.60. The Morgan fingerprint density at radius 2 is 2.17 bits per heavy atom. The van der Waals surface area contributed by atoms with E-state index in [-0.39, 0.29) is 0 Å². The van der Waals surface area contributed by atoms with Crippen molar-refractivity contribution in [3.63, 3.8) is 0 Å². The average molecular weight is 396 g/mol. The van der Waals surface area contributed by atoms with Crippen LogP contribution in [0.5, 0.6) is 0 Å². The van der Waals surface area contributed by atoms with Crippen molar-refractivity contribution < 1.29 is 4.42 Å². The molecule has 1 aromatic heterocycles. The van der Waals surface area contributed by atoms with Gasteiger partial charge in [-0.05, 0) is 36.8 Å². The molecular formula is C17H22BrN3OS. The number of nitrogens with zero attached hydrogens (tertiary/aromatic N) is 2. The number of rotatable bonds is 6. The van der Waals surface area contributed by atoms with Crippen LogP contribution in [0.15, 0.2) is 33.2 Å². The molecule has 23 heavy (non-hydrogen) atoms. The van der Waals surface area contributed by atoms with E-state index in [2.05, 4.69) is 50.1 Å². The molecular weight excluding hydrogens is 374 g/mol. The van der Waals surface area contributed by atoms with E-state index in [0.717, 1.165) is 10.0 Å². The lowest BCUT2D eigenvalue weighted by molar-refractivity contribution is 0.362. The summed E-state index contributed by atoms with van der Waals surface area (Å²) >= 11 is 5.53. The van der Waals surface area contributed by atoms with E-state index in [1.165, 1.54) is 31.4 Å². The highest BCUT2D eigenvalue weighted by molar-refractivity contribution is 9.10. The molecule has 1 aliphatic carbocycles. The number of nitrogens with one attached hydrogen (secondary N) is 1. The van der Waals surface area contributed by atoms with Crippen LogP contribution >= 0.6 is 27.7 Å². The van der Waals surface area contributed by atoms with Crippen LogP contribution in [0.2, 0.25) is 0 Å². The highest BCUT2D eigenvalue weighted by Crippen LogP contribution is 2.29. The first kappa shape index (κ1) is 17.0. The van der Waals surface area contributed by atoms with Crippen LogP contribution in [-0.2, 0) is 6.54 Å². The van der Waals surface area contributed by atoms with Gasteiger partial charge in [-0.25, -0.2) is 0 Å². The minimum absolute atomic E-state index is 0.551. The quantitative estimate of drug-likeness (QED) is 0.770. The Kier molecular flexibility index (Phi) is 6.14. The Hall–Kier alpha value is -0.850. The van der Waals surface area contributed by atoms with Crippen molar-refractivity contribution in [3.05, 3.63) is 34.6 Å². The molecule has 1 fully saturated rings. The summed E-state index contributed by atoms with van der Waals surface area (Å²) in [4.78, 5) is 0. The lowest BCUT2D eigenvalue weighted by Crippen LogP contribution is -2.40. The van der Waals surface area contributed by atoms with E-state index in [1.807, 2.05) is 24.3 Å². The summed E-state index contributed by atoms with van der Waals surface area (Å²) in [5.41, 5.74) is 0.940. The molecule has 0 radical (unpaired) electrons. The highest BCUT2D eigenvalue weighted by atomic mass is 79.9. The number of hydrogen-bond acceptors (Lipinski definition) is 5. The van der Waals surface area contributed by atoms with Crippen molar-refractivity contribution in [2.75, 3.05) is 5.75 Å². The molecule has 0 amide bonds. The van der Waals surface area contributed by atoms with Gasteiger partial charge in [0.15, 0.2) is 0 Å². The van der Waals surface area contributed by atoms with E-state index in [1.54, 1.807) is 0 Å². The molecule has 0 saturated heterocycles. The highest BCUT2D eigenvalue weighted by Gasteiger charge is 2.25. The molecule has 0 unspecified atom stereocenters. The van der Waals surface area contributed by atoms with Gasteiger partial charge in [-0.1, -0.05) is 41.8 Å². The summed E-state index contributed by atoms with van der Waals surface area (Å²) in [5.74, 6) is 2.41. The van der Waals surface area contributed by atoms with Gasteiger partial charge in [0.2, 0.25) is 11.8 Å². The summed E-state index contributed by atoms with van der Waals surface area (Å²) in [7, 11) is 0. The summed E-state index contributed by atoms with van der Waals surface area (Å²) in [6, 6.07) is 8.46. The molecule has 1 aromatic carbocycles. The van der Waals surface area contributed by atoms with Crippen molar-refractivity contribution >= 4 is 27.7 Å². The van der Waals surface area contributed by atoms with Gasteiger partial charge in [0, 0.05) is 21.3 Å². The number of hydrogen-bond donors (Lipinski definition) is 1.